The highest BCUT2D eigenvalue weighted by Gasteiger charge is 2.22. The minimum Gasteiger partial charge on any atom is -0.480 e. The number of thiophene rings is 1. The number of carboxylic acid groups (broad SMARTS) is 1. The van der Waals surface area contributed by atoms with Crippen LogP contribution in [-0.4, -0.2) is 27.6 Å². The molecule has 0 aliphatic carbocycles. The standard InChI is InChI=1S/C14H16N2O3S/c1-2-5-10(14(18)19)15-13(17)12-11(6-9-20-12)16-7-3-4-8-16/h3-4,6-10H,2,5H2,1H3,(H,15,17)(H,18,19)/t10-/m1/s1. The van der Waals surface area contributed by atoms with Crippen molar-refractivity contribution >= 4 is 23.2 Å². The van der Waals surface area contributed by atoms with E-state index in [1.165, 1.54) is 11.3 Å². The lowest BCUT2D eigenvalue weighted by Crippen LogP contribution is -2.40. The van der Waals surface area contributed by atoms with Crippen molar-refractivity contribution in [1.82, 2.24) is 9.88 Å². The molecule has 0 spiro atoms. The summed E-state index contributed by atoms with van der Waals surface area (Å²) in [4.78, 5) is 23.8. The van der Waals surface area contributed by atoms with Crippen LogP contribution in [0.3, 0.4) is 0 Å². The summed E-state index contributed by atoms with van der Waals surface area (Å²) < 4.78 is 1.83. The van der Waals surface area contributed by atoms with Crippen LogP contribution in [-0.2, 0) is 4.79 Å². The van der Waals surface area contributed by atoms with E-state index < -0.39 is 12.0 Å². The van der Waals surface area contributed by atoms with Gasteiger partial charge in [-0.15, -0.1) is 11.3 Å². The fourth-order valence-corrected chi connectivity index (χ4v) is 2.73. The second-order valence-electron chi connectivity index (χ2n) is 4.38. The third-order valence-electron chi connectivity index (χ3n) is 2.91. The van der Waals surface area contributed by atoms with E-state index in [0.29, 0.717) is 17.7 Å². The largest absolute Gasteiger partial charge is 0.480 e. The molecule has 20 heavy (non-hydrogen) atoms. The summed E-state index contributed by atoms with van der Waals surface area (Å²) in [6.07, 6.45) is 4.82. The van der Waals surface area contributed by atoms with Crippen LogP contribution >= 0.6 is 11.3 Å². The first-order valence-corrected chi connectivity index (χ1v) is 7.26. The normalized spacial score (nSPS) is 12.1. The van der Waals surface area contributed by atoms with Gasteiger partial charge in [0.1, 0.15) is 10.9 Å². The molecule has 6 heteroatoms. The molecule has 0 aliphatic rings. The van der Waals surface area contributed by atoms with Crippen molar-refractivity contribution in [2.24, 2.45) is 0 Å². The van der Waals surface area contributed by atoms with E-state index in [-0.39, 0.29) is 5.91 Å². The Morgan fingerprint density at radius 3 is 2.70 bits per heavy atom. The molecule has 0 aliphatic heterocycles. The number of carboxylic acids is 1. The Balaban J connectivity index is 2.18. The van der Waals surface area contributed by atoms with Gasteiger partial charge in [0.25, 0.3) is 5.91 Å². The number of nitrogens with one attached hydrogen (secondary N) is 1. The van der Waals surface area contributed by atoms with Crippen LogP contribution in [0.25, 0.3) is 5.69 Å². The zero-order valence-electron chi connectivity index (χ0n) is 11.1. The number of aliphatic carboxylic acids is 1. The van der Waals surface area contributed by atoms with Crippen LogP contribution in [0, 0.1) is 0 Å². The van der Waals surface area contributed by atoms with Crippen molar-refractivity contribution < 1.29 is 14.7 Å². The molecule has 0 saturated carbocycles. The van der Waals surface area contributed by atoms with Gasteiger partial charge in [0.05, 0.1) is 5.69 Å². The first-order chi connectivity index (χ1) is 9.63. The summed E-state index contributed by atoms with van der Waals surface area (Å²) in [5.74, 6) is -1.34. The van der Waals surface area contributed by atoms with Crippen LogP contribution in [0.4, 0.5) is 0 Å². The van der Waals surface area contributed by atoms with Crippen LogP contribution in [0.1, 0.15) is 29.4 Å². The van der Waals surface area contributed by atoms with Gasteiger partial charge in [0.15, 0.2) is 0 Å². The summed E-state index contributed by atoms with van der Waals surface area (Å²) >= 11 is 1.30. The Bertz CT molecular complexity index is 589. The molecule has 106 valence electrons. The first-order valence-electron chi connectivity index (χ1n) is 6.38. The fourth-order valence-electron chi connectivity index (χ4n) is 1.94. The van der Waals surface area contributed by atoms with E-state index in [9.17, 15) is 9.59 Å². The summed E-state index contributed by atoms with van der Waals surface area (Å²) in [7, 11) is 0. The SMILES string of the molecule is CCC[C@@H](NC(=O)c1sccc1-n1cccc1)C(=O)O. The molecule has 1 atom stereocenters. The molecule has 0 aromatic carbocycles. The number of carbonyl (C=O) groups excluding carboxylic acids is 1. The number of carbonyl (C=O) groups is 2. The molecular formula is C14H16N2O3S. The third-order valence-corrected chi connectivity index (χ3v) is 3.82. The molecular weight excluding hydrogens is 276 g/mol. The highest BCUT2D eigenvalue weighted by molar-refractivity contribution is 7.12. The minimum atomic E-state index is -1.00. The van der Waals surface area contributed by atoms with E-state index in [1.807, 2.05) is 47.5 Å². The Morgan fingerprint density at radius 2 is 2.10 bits per heavy atom. The van der Waals surface area contributed by atoms with Gasteiger partial charge in [0.2, 0.25) is 0 Å². The molecule has 0 bridgehead atoms. The summed E-state index contributed by atoms with van der Waals surface area (Å²) in [5.41, 5.74) is 0.762. The van der Waals surface area contributed by atoms with Crippen molar-refractivity contribution in [2.45, 2.75) is 25.8 Å². The monoisotopic (exact) mass is 292 g/mol. The molecule has 0 unspecified atom stereocenters. The molecule has 2 rings (SSSR count). The molecule has 2 aromatic heterocycles. The second-order valence-corrected chi connectivity index (χ2v) is 5.29. The van der Waals surface area contributed by atoms with Crippen LogP contribution in [0.15, 0.2) is 36.0 Å². The average Bonchev–Trinajstić information content (AvgIpc) is 3.08. The lowest BCUT2D eigenvalue weighted by molar-refractivity contribution is -0.139. The Labute approximate surface area is 120 Å². The number of aromatic nitrogens is 1. The summed E-state index contributed by atoms with van der Waals surface area (Å²) in [6, 6.07) is 4.74. The topological polar surface area (TPSA) is 71.3 Å². The molecule has 2 aromatic rings. The summed E-state index contributed by atoms with van der Waals surface area (Å²) in [5, 5.41) is 13.5. The molecule has 2 N–H and O–H groups in total. The van der Waals surface area contributed by atoms with Crippen molar-refractivity contribution in [2.75, 3.05) is 0 Å². The average molecular weight is 292 g/mol. The predicted octanol–water partition coefficient (Wildman–Crippen LogP) is 2.52. The number of amides is 1. The van der Waals surface area contributed by atoms with Crippen molar-refractivity contribution in [3.8, 4) is 5.69 Å². The van der Waals surface area contributed by atoms with Gasteiger partial charge in [-0.1, -0.05) is 13.3 Å². The van der Waals surface area contributed by atoms with Gasteiger partial charge in [-0.3, -0.25) is 4.79 Å². The van der Waals surface area contributed by atoms with Gasteiger partial charge in [-0.05, 0) is 30.0 Å². The maximum Gasteiger partial charge on any atom is 0.326 e. The molecule has 0 fully saturated rings. The van der Waals surface area contributed by atoms with E-state index in [1.54, 1.807) is 0 Å². The van der Waals surface area contributed by atoms with Gasteiger partial charge in [-0.2, -0.15) is 0 Å². The molecule has 0 radical (unpaired) electrons. The number of hydrogen-bond donors (Lipinski definition) is 2. The zero-order valence-corrected chi connectivity index (χ0v) is 11.9. The van der Waals surface area contributed by atoms with E-state index in [0.717, 1.165) is 5.69 Å². The zero-order chi connectivity index (χ0) is 14.5. The van der Waals surface area contributed by atoms with Crippen LogP contribution in [0.2, 0.25) is 0 Å². The van der Waals surface area contributed by atoms with Crippen molar-refractivity contribution in [3.05, 3.63) is 40.8 Å². The van der Waals surface area contributed by atoms with E-state index in [4.69, 9.17) is 5.11 Å². The van der Waals surface area contributed by atoms with Gasteiger partial charge < -0.3 is 15.0 Å². The maximum absolute atomic E-state index is 12.2. The Morgan fingerprint density at radius 1 is 1.40 bits per heavy atom. The second kappa shape index (κ2) is 6.38. The quantitative estimate of drug-likeness (QED) is 0.859. The molecule has 5 nitrogen and oxygen atoms in total. The Kier molecular flexibility index (Phi) is 4.57. The fraction of sp³-hybridized carbons (Fsp3) is 0.286. The number of hydrogen-bond acceptors (Lipinski definition) is 3. The van der Waals surface area contributed by atoms with Gasteiger partial charge in [0, 0.05) is 12.4 Å². The lowest BCUT2D eigenvalue weighted by atomic mass is 10.1. The first kappa shape index (κ1) is 14.3. The number of rotatable bonds is 6. The van der Waals surface area contributed by atoms with Crippen LogP contribution < -0.4 is 5.32 Å². The summed E-state index contributed by atoms with van der Waals surface area (Å²) in [6.45, 7) is 1.89. The van der Waals surface area contributed by atoms with Crippen molar-refractivity contribution in [1.29, 1.82) is 0 Å². The lowest BCUT2D eigenvalue weighted by Gasteiger charge is -2.13. The molecule has 2 heterocycles. The van der Waals surface area contributed by atoms with Gasteiger partial charge in [-0.25, -0.2) is 4.79 Å². The number of nitrogens with zero attached hydrogens (tertiary/aromatic N) is 1. The van der Waals surface area contributed by atoms with Crippen molar-refractivity contribution in [3.63, 3.8) is 0 Å². The predicted molar refractivity (Wildman–Crippen MR) is 77.4 cm³/mol. The minimum absolute atomic E-state index is 0.343. The van der Waals surface area contributed by atoms with Gasteiger partial charge >= 0.3 is 5.97 Å². The smallest absolute Gasteiger partial charge is 0.326 e. The van der Waals surface area contributed by atoms with E-state index >= 15 is 0 Å². The molecule has 0 saturated heterocycles. The highest BCUT2D eigenvalue weighted by Crippen LogP contribution is 2.21. The Hall–Kier alpha value is -2.08. The molecule has 1 amide bonds. The van der Waals surface area contributed by atoms with E-state index in [2.05, 4.69) is 5.32 Å². The maximum atomic E-state index is 12.2. The highest BCUT2D eigenvalue weighted by atomic mass is 32.1. The van der Waals surface area contributed by atoms with Crippen LogP contribution in [0.5, 0.6) is 0 Å². The third kappa shape index (κ3) is 3.08.